The molecule has 122 heavy (non-hydrogen) atoms. The number of aromatic nitrogens is 11. The molecule has 0 unspecified atom stereocenters. The van der Waals surface area contributed by atoms with Crippen LogP contribution in [-0.2, 0) is 82.8 Å². The molecule has 9 N–H and O–H groups in total. The maximum atomic E-state index is 13.7. The van der Waals surface area contributed by atoms with Gasteiger partial charge >= 0.3 is 0 Å². The van der Waals surface area contributed by atoms with Crippen molar-refractivity contribution in [1.29, 1.82) is 0 Å². The van der Waals surface area contributed by atoms with E-state index in [-0.39, 0.29) is 128 Å². The number of piperazine rings is 1. The van der Waals surface area contributed by atoms with E-state index in [2.05, 4.69) is 106 Å². The molecule has 12 rings (SSSR count). The Kier molecular flexibility index (Phi) is 32.0. The fraction of sp³-hybridized carbons (Fsp3) is 0.519. The van der Waals surface area contributed by atoms with E-state index < -0.39 is 47.4 Å². The number of imidazole rings is 3. The second-order valence-corrected chi connectivity index (χ2v) is 32.3. The molecule has 3 fully saturated rings. The molecule has 1 aliphatic carbocycles. The van der Waals surface area contributed by atoms with Crippen LogP contribution in [0.15, 0.2) is 78.6 Å². The van der Waals surface area contributed by atoms with E-state index in [0.717, 1.165) is 105 Å². The molecule has 39 nitrogen and oxygen atoms in total. The van der Waals surface area contributed by atoms with Gasteiger partial charge in [-0.2, -0.15) is 0 Å². The fourth-order valence-electron chi connectivity index (χ4n) is 14.9. The molecule has 1 atom stereocenters. The van der Waals surface area contributed by atoms with Gasteiger partial charge in [0.15, 0.2) is 23.3 Å². The van der Waals surface area contributed by atoms with Gasteiger partial charge < -0.3 is 99.1 Å². The van der Waals surface area contributed by atoms with Crippen molar-refractivity contribution >= 4 is 105 Å². The molecule has 9 amide bonds. The van der Waals surface area contributed by atoms with Crippen molar-refractivity contribution in [2.75, 3.05) is 186 Å². The lowest BCUT2D eigenvalue weighted by Gasteiger charge is -2.59. The zero-order valence-electron chi connectivity index (χ0n) is 70.1. The average molecular weight is 1730 g/mol. The van der Waals surface area contributed by atoms with E-state index in [1.807, 2.05) is 31.2 Å². The highest BCUT2D eigenvalue weighted by molar-refractivity contribution is 7.15. The normalized spacial score (nSPS) is 15.2. The quantitative estimate of drug-likeness (QED) is 0.0247. The lowest BCUT2D eigenvalue weighted by Crippen LogP contribution is -2.66. The smallest absolute Gasteiger partial charge is 0.291 e. The number of nitrogens with zero attached hydrogens (tertiary/aromatic N) is 15. The lowest BCUT2D eigenvalue weighted by atomic mass is 9.60. The van der Waals surface area contributed by atoms with Gasteiger partial charge in [-0.15, -0.1) is 21.5 Å². The summed E-state index contributed by atoms with van der Waals surface area (Å²) in [5.41, 5.74) is 5.31. The van der Waals surface area contributed by atoms with Crippen molar-refractivity contribution in [1.82, 2.24) is 93.8 Å². The van der Waals surface area contributed by atoms with E-state index >= 15 is 0 Å². The molecule has 0 bridgehead atoms. The van der Waals surface area contributed by atoms with Crippen LogP contribution >= 0.6 is 22.9 Å². The number of hydrogen-bond acceptors (Lipinski definition) is 25. The standard InChI is InChI=1S/C81H109ClN24O15S/c1-52-53(2)122-80-69(52)70(55-9-11-56(82)12-10-55)91-60(71-97-96-54(3)106(71)80)43-68(110)88-59-44-81(45-59)50-105(51-81)28-32-119-36-40-121-39-35-118-31-27-104-24-22-103(23-25-104)26-30-117-34-38-120-37-33-116-29-20-83-65(107)13-16-87-77(113)73-94-63(48-101(73)7)92-66(108)14-17-86-76(112)62-42-58(47-100(62)6)90-79(115)74-95-64(49-102(74)8)93-67(109)15-18-85-75(111)61-41-57(46-99(61)5)89-78(114)72-84-19-21-98(72)4/h9-12,19,21,41-42,46-49,59-60H,13-18,20,22-40,43-45,50-51H2,1-8H3,(H,83,107)(H,85,111)(H,86,112)(H,87,113)(H,88,110)(H,89,114)(H,90,115)(H,92,108)(H,93,109)/t60-/m0/s1. The number of halogens is 1. The first kappa shape index (κ1) is 90.3. The predicted octanol–water partition coefficient (Wildman–Crippen LogP) is 3.32. The molecule has 41 heteroatoms. The highest BCUT2D eigenvalue weighted by Crippen LogP contribution is 2.48. The summed E-state index contributed by atoms with van der Waals surface area (Å²) in [6.07, 6.45) is 11.0. The summed E-state index contributed by atoms with van der Waals surface area (Å²) >= 11 is 7.98. The second kappa shape index (κ2) is 43.2. The van der Waals surface area contributed by atoms with Crippen molar-refractivity contribution in [3.63, 3.8) is 0 Å². The van der Waals surface area contributed by atoms with E-state index in [1.165, 1.54) is 60.1 Å². The largest absolute Gasteiger partial charge is 0.378 e. The van der Waals surface area contributed by atoms with Crippen LogP contribution in [0.25, 0.3) is 5.00 Å². The third kappa shape index (κ3) is 24.7. The summed E-state index contributed by atoms with van der Waals surface area (Å²) in [6.45, 7) is 20.9. The summed E-state index contributed by atoms with van der Waals surface area (Å²) in [7, 11) is 8.07. The first-order chi connectivity index (χ1) is 58.8. The Balaban J connectivity index is 0.410. The molecule has 3 aliphatic heterocycles. The Labute approximate surface area is 715 Å². The minimum Gasteiger partial charge on any atom is -0.378 e. The highest BCUT2D eigenvalue weighted by atomic mass is 35.5. The summed E-state index contributed by atoms with van der Waals surface area (Å²) in [5.74, 6) is -2.15. The van der Waals surface area contributed by atoms with Crippen LogP contribution in [0.5, 0.6) is 0 Å². The van der Waals surface area contributed by atoms with E-state index in [9.17, 15) is 43.2 Å². The van der Waals surface area contributed by atoms with Crippen LogP contribution in [0, 0.1) is 26.2 Å². The molecule has 656 valence electrons. The number of anilines is 4. The molecular formula is C81H109ClN24O15S. The van der Waals surface area contributed by atoms with Crippen molar-refractivity contribution in [2.45, 2.75) is 71.4 Å². The first-order valence-electron chi connectivity index (χ1n) is 40.8. The molecule has 10 heterocycles. The summed E-state index contributed by atoms with van der Waals surface area (Å²) in [4.78, 5) is 143. The van der Waals surface area contributed by atoms with Gasteiger partial charge in [-0.05, 0) is 68.9 Å². The summed E-state index contributed by atoms with van der Waals surface area (Å²) in [5, 5.41) is 35.4. The minimum absolute atomic E-state index is 0.00164. The van der Waals surface area contributed by atoms with Crippen LogP contribution in [0.3, 0.4) is 0 Å². The first-order valence-corrected chi connectivity index (χ1v) is 42.0. The molecule has 0 radical (unpaired) electrons. The van der Waals surface area contributed by atoms with Crippen LogP contribution in [-0.4, -0.2) is 297 Å². The molecule has 7 aromatic heterocycles. The number of fused-ring (bicyclic) bond motifs is 3. The van der Waals surface area contributed by atoms with Crippen LogP contribution in [0.2, 0.25) is 5.02 Å². The zero-order valence-corrected chi connectivity index (χ0v) is 71.7. The maximum Gasteiger partial charge on any atom is 0.291 e. The summed E-state index contributed by atoms with van der Waals surface area (Å²) in [6, 6.07) is 10.3. The molecule has 1 aromatic carbocycles. The van der Waals surface area contributed by atoms with Gasteiger partial charge in [0.25, 0.3) is 29.5 Å². The highest BCUT2D eigenvalue weighted by Gasteiger charge is 2.52. The SMILES string of the molecule is Cc1sc2c(c1C)C(c1ccc(Cl)cc1)=N[C@@H](CC(=O)NC1CC3(C1)CN(CCOCCOCCOCCN1CCN(CCOCCOCCOCCNC(=O)CCNC(=O)c4nc(NC(=O)CCNC(=O)c5cc(NC(=O)c6nc(NC(=O)CCNC(=O)c7cc(NC(=O)c8nccn8C)cn7C)cn6C)cn5C)cn4C)CC1)C3)c1nnc(C)n1-2. The number of aliphatic imine (C=N–C) groups is 1. The number of rotatable bonds is 46. The number of amides is 9. The molecule has 8 aromatic rings. The number of carbonyl (C=O) groups excluding carboxylic acids is 9. The third-order valence-corrected chi connectivity index (χ3v) is 22.8. The van der Waals surface area contributed by atoms with Gasteiger partial charge in [0.05, 0.1) is 103 Å². The molecule has 1 spiro atoms. The van der Waals surface area contributed by atoms with Crippen molar-refractivity contribution in [2.24, 2.45) is 45.6 Å². The van der Waals surface area contributed by atoms with Gasteiger partial charge in [-0.25, -0.2) is 15.0 Å². The average Bonchev–Trinajstić information content (AvgIpc) is 1.57. The topological polar surface area (TPSA) is 433 Å². The van der Waals surface area contributed by atoms with E-state index in [4.69, 9.17) is 45.0 Å². The number of nitrogens with one attached hydrogen (secondary N) is 9. The zero-order chi connectivity index (χ0) is 86.4. The maximum absolute atomic E-state index is 13.7. The van der Waals surface area contributed by atoms with Gasteiger partial charge in [0.1, 0.15) is 28.3 Å². The Hall–Kier alpha value is -10.9. The van der Waals surface area contributed by atoms with Crippen molar-refractivity contribution in [3.8, 4) is 5.00 Å². The number of thiophene rings is 1. The Morgan fingerprint density at radius 3 is 1.52 bits per heavy atom. The van der Waals surface area contributed by atoms with Gasteiger partial charge in [-0.3, -0.25) is 67.4 Å². The molecule has 2 saturated heterocycles. The van der Waals surface area contributed by atoms with E-state index in [1.54, 1.807) is 63.5 Å². The number of carbonyl (C=O) groups is 9. The Morgan fingerprint density at radius 2 is 0.992 bits per heavy atom. The number of benzene rings is 1. The van der Waals surface area contributed by atoms with Gasteiger partial charge in [0.2, 0.25) is 35.3 Å². The van der Waals surface area contributed by atoms with Gasteiger partial charge in [-0.1, -0.05) is 23.7 Å². The van der Waals surface area contributed by atoms with Crippen molar-refractivity contribution in [3.05, 3.63) is 141 Å². The lowest BCUT2D eigenvalue weighted by molar-refractivity contribution is -0.128. The van der Waals surface area contributed by atoms with Crippen LogP contribution in [0.4, 0.5) is 23.0 Å². The summed E-state index contributed by atoms with van der Waals surface area (Å²) < 4.78 is 44.1. The number of hydrogen-bond donors (Lipinski definition) is 9. The second-order valence-electron chi connectivity index (χ2n) is 30.7. The molecule has 4 aliphatic rings. The Morgan fingerprint density at radius 1 is 0.508 bits per heavy atom. The van der Waals surface area contributed by atoms with E-state index in [0.29, 0.717) is 89.2 Å². The Bertz CT molecular complexity index is 5000. The monoisotopic (exact) mass is 1720 g/mol. The number of ether oxygens (including phenoxy) is 6. The number of aryl methyl sites for hydroxylation is 7. The minimum atomic E-state index is -0.636. The van der Waals surface area contributed by atoms with Crippen molar-refractivity contribution < 1.29 is 71.6 Å². The molecular weight excluding hydrogens is 1620 g/mol. The number of likely N-dealkylation sites (tertiary alicyclic amines) is 1. The van der Waals surface area contributed by atoms with Crippen LogP contribution in [0.1, 0.15) is 131 Å². The third-order valence-electron chi connectivity index (χ3n) is 21.4. The predicted molar refractivity (Wildman–Crippen MR) is 453 cm³/mol. The molecule has 1 saturated carbocycles. The van der Waals surface area contributed by atoms with Gasteiger partial charge in [0, 0.05) is 204 Å². The van der Waals surface area contributed by atoms with Crippen LogP contribution < -0.4 is 47.9 Å². The fourth-order valence-corrected chi connectivity index (χ4v) is 16.3.